The molecule has 0 aliphatic rings. The third-order valence-electron chi connectivity index (χ3n) is 5.07. The molecule has 0 bridgehead atoms. The van der Waals surface area contributed by atoms with Gasteiger partial charge in [-0.3, -0.25) is 14.9 Å². The van der Waals surface area contributed by atoms with Crippen molar-refractivity contribution < 1.29 is 19.2 Å². The Kier molecular flexibility index (Phi) is 8.69. The number of hydrogen-bond donors (Lipinski definition) is 0. The van der Waals surface area contributed by atoms with Crippen molar-refractivity contribution in [1.29, 1.82) is 0 Å². The lowest BCUT2D eigenvalue weighted by atomic mass is 10.2. The number of carbonyl (C=O) groups excluding carboxylic acids is 1. The molecule has 1 aromatic heterocycles. The fourth-order valence-corrected chi connectivity index (χ4v) is 3.65. The lowest BCUT2D eigenvalue weighted by Gasteiger charge is -2.15. The van der Waals surface area contributed by atoms with Gasteiger partial charge in [-0.25, -0.2) is 9.78 Å². The number of halogens is 1. The number of esters is 1. The molecule has 35 heavy (non-hydrogen) atoms. The summed E-state index contributed by atoms with van der Waals surface area (Å²) in [5, 5.41) is 16.1. The van der Waals surface area contributed by atoms with Gasteiger partial charge in [0, 0.05) is 28.6 Å². The van der Waals surface area contributed by atoms with Crippen LogP contribution in [0.1, 0.15) is 45.0 Å². The molecule has 1 heterocycles. The molecule has 0 unspecified atom stereocenters. The van der Waals surface area contributed by atoms with Crippen molar-refractivity contribution in [2.75, 3.05) is 6.61 Å². The van der Waals surface area contributed by atoms with Crippen molar-refractivity contribution in [1.82, 2.24) is 9.66 Å². The van der Waals surface area contributed by atoms with Crippen LogP contribution in [-0.2, 0) is 16.0 Å². The van der Waals surface area contributed by atoms with Gasteiger partial charge in [0.25, 0.3) is 11.2 Å². The van der Waals surface area contributed by atoms with E-state index >= 15 is 0 Å². The van der Waals surface area contributed by atoms with Crippen molar-refractivity contribution in [3.05, 3.63) is 72.7 Å². The van der Waals surface area contributed by atoms with Crippen LogP contribution < -0.4 is 10.3 Å². The largest absolute Gasteiger partial charge is 0.478 e. The highest BCUT2D eigenvalue weighted by molar-refractivity contribution is 9.10. The molecule has 0 spiro atoms. The van der Waals surface area contributed by atoms with Crippen LogP contribution in [0.25, 0.3) is 10.9 Å². The number of aromatic nitrogens is 2. The van der Waals surface area contributed by atoms with E-state index in [1.165, 1.54) is 36.0 Å². The zero-order chi connectivity index (χ0) is 25.5. The number of ether oxygens (including phenoxy) is 2. The lowest BCUT2D eigenvalue weighted by Crippen LogP contribution is -2.26. The number of rotatable bonds is 10. The molecule has 11 heteroatoms. The highest BCUT2D eigenvalue weighted by Crippen LogP contribution is 2.24. The third kappa shape index (κ3) is 6.30. The Bertz CT molecular complexity index is 1340. The molecule has 0 aliphatic heterocycles. The van der Waals surface area contributed by atoms with Crippen LogP contribution >= 0.6 is 15.9 Å². The molecule has 0 amide bonds. The maximum Gasteiger partial charge on any atom is 0.347 e. The quantitative estimate of drug-likeness (QED) is 0.157. The summed E-state index contributed by atoms with van der Waals surface area (Å²) in [5.41, 5.74) is 0.213. The van der Waals surface area contributed by atoms with E-state index in [1.54, 1.807) is 19.1 Å². The molecule has 10 nitrogen and oxygen atoms in total. The monoisotopic (exact) mass is 544 g/mol. The average Bonchev–Trinajstić information content (AvgIpc) is 2.83. The van der Waals surface area contributed by atoms with Gasteiger partial charge in [0.05, 0.1) is 28.6 Å². The lowest BCUT2D eigenvalue weighted by molar-refractivity contribution is -0.384. The van der Waals surface area contributed by atoms with Gasteiger partial charge in [0.15, 0.2) is 6.10 Å². The van der Waals surface area contributed by atoms with E-state index in [4.69, 9.17) is 9.47 Å². The second-order valence-electron chi connectivity index (χ2n) is 7.65. The van der Waals surface area contributed by atoms with Crippen LogP contribution in [0.15, 0.2) is 50.8 Å². The van der Waals surface area contributed by atoms with Crippen molar-refractivity contribution >= 4 is 44.7 Å². The Morgan fingerprint density at radius 1 is 1.29 bits per heavy atom. The second kappa shape index (κ2) is 11.7. The number of benzene rings is 2. The molecule has 184 valence electrons. The van der Waals surface area contributed by atoms with Gasteiger partial charge < -0.3 is 9.47 Å². The summed E-state index contributed by atoms with van der Waals surface area (Å²) in [6.07, 6.45) is 2.56. The van der Waals surface area contributed by atoms with E-state index in [-0.39, 0.29) is 29.2 Å². The fraction of sp³-hybridized carbons (Fsp3) is 0.333. The molecule has 0 radical (unpaired) electrons. The first kappa shape index (κ1) is 26.0. The second-order valence-corrected chi connectivity index (χ2v) is 8.56. The number of aryl methyl sites for hydroxylation is 1. The Morgan fingerprint density at radius 3 is 2.74 bits per heavy atom. The molecule has 0 saturated carbocycles. The zero-order valence-corrected chi connectivity index (χ0v) is 21.1. The van der Waals surface area contributed by atoms with E-state index in [0.717, 1.165) is 17.3 Å². The normalized spacial score (nSPS) is 12.1. The van der Waals surface area contributed by atoms with Gasteiger partial charge in [-0.2, -0.15) is 9.78 Å². The minimum absolute atomic E-state index is 0.180. The number of nitrogens with zero attached hydrogens (tertiary/aromatic N) is 4. The molecule has 3 rings (SSSR count). The predicted octanol–water partition coefficient (Wildman–Crippen LogP) is 4.62. The number of unbranched alkanes of at least 4 members (excludes halogenated alkanes) is 1. The van der Waals surface area contributed by atoms with Crippen molar-refractivity contribution in [2.45, 2.75) is 46.1 Å². The molecule has 3 aromatic rings. The van der Waals surface area contributed by atoms with Gasteiger partial charge in [-0.15, -0.1) is 0 Å². The van der Waals surface area contributed by atoms with Gasteiger partial charge in [-0.1, -0.05) is 29.3 Å². The molecule has 0 saturated heterocycles. The summed E-state index contributed by atoms with van der Waals surface area (Å²) in [4.78, 5) is 40.7. The summed E-state index contributed by atoms with van der Waals surface area (Å²) in [6.45, 7) is 5.41. The molecule has 0 N–H and O–H groups in total. The number of non-ortho nitro benzene ring substituents is 1. The van der Waals surface area contributed by atoms with Gasteiger partial charge in [-0.05, 0) is 44.5 Å². The van der Waals surface area contributed by atoms with Gasteiger partial charge in [0.2, 0.25) is 0 Å². The molecule has 0 aliphatic carbocycles. The maximum atomic E-state index is 13.3. The van der Waals surface area contributed by atoms with Crippen LogP contribution in [0, 0.1) is 10.1 Å². The van der Waals surface area contributed by atoms with E-state index in [1.807, 2.05) is 13.0 Å². The summed E-state index contributed by atoms with van der Waals surface area (Å²) < 4.78 is 12.6. The van der Waals surface area contributed by atoms with Crippen LogP contribution in [0.3, 0.4) is 0 Å². The first-order valence-electron chi connectivity index (χ1n) is 11.1. The van der Waals surface area contributed by atoms with Gasteiger partial charge >= 0.3 is 5.97 Å². The molecule has 0 fully saturated rings. The summed E-state index contributed by atoms with van der Waals surface area (Å²) >= 11 is 3.37. The zero-order valence-electron chi connectivity index (χ0n) is 19.6. The Hall–Kier alpha value is -3.60. The summed E-state index contributed by atoms with van der Waals surface area (Å²) in [6, 6.07) is 9.14. The number of carbonyl (C=O) groups is 1. The highest BCUT2D eigenvalue weighted by atomic mass is 79.9. The van der Waals surface area contributed by atoms with Crippen LogP contribution in [-0.4, -0.2) is 39.5 Å². The van der Waals surface area contributed by atoms with Crippen LogP contribution in [0.2, 0.25) is 0 Å². The van der Waals surface area contributed by atoms with Crippen molar-refractivity contribution in [3.63, 3.8) is 0 Å². The minimum Gasteiger partial charge on any atom is -0.478 e. The average molecular weight is 545 g/mol. The molecule has 2 aromatic carbocycles. The fourth-order valence-electron chi connectivity index (χ4n) is 3.29. The van der Waals surface area contributed by atoms with E-state index < -0.39 is 17.0 Å². The Labute approximate surface area is 209 Å². The van der Waals surface area contributed by atoms with E-state index in [2.05, 4.69) is 26.0 Å². The Balaban J connectivity index is 2.10. The van der Waals surface area contributed by atoms with Crippen molar-refractivity contribution in [3.8, 4) is 5.75 Å². The molecular weight excluding hydrogens is 520 g/mol. The topological polar surface area (TPSA) is 126 Å². The van der Waals surface area contributed by atoms with Gasteiger partial charge in [0.1, 0.15) is 11.6 Å². The number of nitro groups is 1. The van der Waals surface area contributed by atoms with E-state index in [0.29, 0.717) is 23.1 Å². The maximum absolute atomic E-state index is 13.3. The minimum atomic E-state index is -0.953. The number of hydrogen-bond acceptors (Lipinski definition) is 8. The third-order valence-corrected chi connectivity index (χ3v) is 5.56. The highest BCUT2D eigenvalue weighted by Gasteiger charge is 2.19. The first-order chi connectivity index (χ1) is 16.7. The predicted molar refractivity (Wildman–Crippen MR) is 135 cm³/mol. The molecule has 1 atom stereocenters. The first-order valence-corrected chi connectivity index (χ1v) is 11.9. The van der Waals surface area contributed by atoms with Crippen molar-refractivity contribution in [2.24, 2.45) is 5.10 Å². The van der Waals surface area contributed by atoms with Crippen LogP contribution in [0.5, 0.6) is 5.75 Å². The van der Waals surface area contributed by atoms with E-state index in [9.17, 15) is 19.7 Å². The number of nitro benzene ring substituents is 1. The van der Waals surface area contributed by atoms with Crippen LogP contribution in [0.4, 0.5) is 5.69 Å². The SMILES string of the molecule is CCCCc1nc2ccc(Br)cc2c(=O)n1N=Cc1cc([N+](=O)[O-])ccc1O[C@H](C)C(=O)OCC. The summed E-state index contributed by atoms with van der Waals surface area (Å²) in [5.74, 6) is 0.0754. The number of fused-ring (bicyclic) bond motifs is 1. The molecular formula is C24H25BrN4O6. The smallest absolute Gasteiger partial charge is 0.347 e. The Morgan fingerprint density at radius 2 is 2.06 bits per heavy atom. The standard InChI is InChI=1S/C24H25BrN4O6/c1-4-6-7-22-27-20-10-8-17(25)13-19(20)23(30)28(22)26-14-16-12-18(29(32)33)9-11-21(16)35-15(3)24(31)34-5-2/h8-15H,4-7H2,1-3H3/t15-/m1/s1. The summed E-state index contributed by atoms with van der Waals surface area (Å²) in [7, 11) is 0.